The number of likely N-dealkylation sites (N-methyl/N-ethyl adjacent to an activating group) is 1. The van der Waals surface area contributed by atoms with E-state index in [4.69, 9.17) is 0 Å². The highest BCUT2D eigenvalue weighted by molar-refractivity contribution is 6.00. The van der Waals surface area contributed by atoms with Gasteiger partial charge in [-0.2, -0.15) is 0 Å². The van der Waals surface area contributed by atoms with Crippen molar-refractivity contribution in [1.82, 2.24) is 5.32 Å². The number of ketones is 1. The molecule has 0 spiro atoms. The molecule has 2 aromatic rings. The molecule has 146 valence electrons. The van der Waals surface area contributed by atoms with Crippen molar-refractivity contribution in [3.05, 3.63) is 64.7 Å². The molecule has 0 saturated heterocycles. The fourth-order valence-electron chi connectivity index (χ4n) is 3.48. The van der Waals surface area contributed by atoms with Crippen molar-refractivity contribution in [3.63, 3.8) is 0 Å². The van der Waals surface area contributed by atoms with Crippen molar-refractivity contribution < 1.29 is 14.4 Å². The van der Waals surface area contributed by atoms with Crippen molar-refractivity contribution in [1.29, 1.82) is 0 Å². The van der Waals surface area contributed by atoms with Gasteiger partial charge in [-0.1, -0.05) is 24.3 Å². The number of anilines is 1. The average Bonchev–Trinajstić information content (AvgIpc) is 2.73. The van der Waals surface area contributed by atoms with E-state index in [1.54, 1.807) is 19.2 Å². The fourth-order valence-corrected chi connectivity index (χ4v) is 3.48. The van der Waals surface area contributed by atoms with Crippen molar-refractivity contribution in [2.24, 2.45) is 0 Å². The second kappa shape index (κ2) is 9.31. The van der Waals surface area contributed by atoms with E-state index < -0.39 is 0 Å². The SMILES string of the molecule is CNC(=O)Cc1ccc(NC(=O)CCC(=O)c2ccc3c(c2)CCCC3)cc1. The quantitative estimate of drug-likeness (QED) is 0.725. The zero-order valence-corrected chi connectivity index (χ0v) is 16.2. The summed E-state index contributed by atoms with van der Waals surface area (Å²) in [6, 6.07) is 13.1. The van der Waals surface area contributed by atoms with E-state index in [9.17, 15) is 14.4 Å². The summed E-state index contributed by atoms with van der Waals surface area (Å²) in [4.78, 5) is 36.0. The summed E-state index contributed by atoms with van der Waals surface area (Å²) in [6.07, 6.45) is 5.17. The lowest BCUT2D eigenvalue weighted by Gasteiger charge is -2.16. The lowest BCUT2D eigenvalue weighted by molar-refractivity contribution is -0.120. The maximum atomic E-state index is 12.4. The van der Waals surface area contributed by atoms with Crippen LogP contribution in [0.15, 0.2) is 42.5 Å². The molecule has 1 aliphatic rings. The fraction of sp³-hybridized carbons (Fsp3) is 0.348. The third kappa shape index (κ3) is 5.28. The maximum absolute atomic E-state index is 12.4. The molecule has 28 heavy (non-hydrogen) atoms. The minimum Gasteiger partial charge on any atom is -0.359 e. The number of rotatable bonds is 7. The van der Waals surface area contributed by atoms with E-state index in [-0.39, 0.29) is 30.4 Å². The minimum absolute atomic E-state index is 0.00412. The summed E-state index contributed by atoms with van der Waals surface area (Å²) in [5, 5.41) is 5.38. The minimum atomic E-state index is -0.189. The molecule has 5 heteroatoms. The number of carbonyl (C=O) groups excluding carboxylic acids is 3. The smallest absolute Gasteiger partial charge is 0.224 e. The molecule has 3 rings (SSSR count). The van der Waals surface area contributed by atoms with E-state index in [1.165, 1.54) is 24.0 Å². The number of amides is 2. The highest BCUT2D eigenvalue weighted by Gasteiger charge is 2.14. The highest BCUT2D eigenvalue weighted by Crippen LogP contribution is 2.23. The lowest BCUT2D eigenvalue weighted by atomic mass is 9.89. The Balaban J connectivity index is 1.50. The van der Waals surface area contributed by atoms with Gasteiger partial charge in [-0.25, -0.2) is 0 Å². The molecule has 2 amide bonds. The van der Waals surface area contributed by atoms with Crippen LogP contribution in [-0.2, 0) is 28.9 Å². The predicted molar refractivity (Wildman–Crippen MR) is 109 cm³/mol. The van der Waals surface area contributed by atoms with Crippen LogP contribution in [0.4, 0.5) is 5.69 Å². The zero-order chi connectivity index (χ0) is 19.9. The maximum Gasteiger partial charge on any atom is 0.224 e. The van der Waals surface area contributed by atoms with E-state index >= 15 is 0 Å². The monoisotopic (exact) mass is 378 g/mol. The second-order valence-corrected chi connectivity index (χ2v) is 7.21. The number of nitrogens with one attached hydrogen (secondary N) is 2. The van der Waals surface area contributed by atoms with Crippen LogP contribution in [0.2, 0.25) is 0 Å². The molecule has 0 bridgehead atoms. The summed E-state index contributed by atoms with van der Waals surface area (Å²) in [6.45, 7) is 0. The Morgan fingerprint density at radius 1 is 0.857 bits per heavy atom. The van der Waals surface area contributed by atoms with Gasteiger partial charge in [0.2, 0.25) is 11.8 Å². The van der Waals surface area contributed by atoms with Gasteiger partial charge in [0.15, 0.2) is 5.78 Å². The van der Waals surface area contributed by atoms with Crippen LogP contribution in [0.5, 0.6) is 0 Å². The van der Waals surface area contributed by atoms with Crippen LogP contribution in [0, 0.1) is 0 Å². The van der Waals surface area contributed by atoms with Gasteiger partial charge in [-0.3, -0.25) is 14.4 Å². The van der Waals surface area contributed by atoms with E-state index in [0.29, 0.717) is 17.7 Å². The van der Waals surface area contributed by atoms with Crippen LogP contribution in [0.25, 0.3) is 0 Å². The molecule has 0 fully saturated rings. The van der Waals surface area contributed by atoms with Crippen molar-refractivity contribution in [3.8, 4) is 0 Å². The number of benzene rings is 2. The highest BCUT2D eigenvalue weighted by atomic mass is 16.2. The van der Waals surface area contributed by atoms with Gasteiger partial charge in [0.05, 0.1) is 6.42 Å². The Morgan fingerprint density at radius 3 is 2.29 bits per heavy atom. The van der Waals surface area contributed by atoms with E-state index in [1.807, 2.05) is 24.3 Å². The zero-order valence-electron chi connectivity index (χ0n) is 16.2. The van der Waals surface area contributed by atoms with Gasteiger partial charge in [0.25, 0.3) is 0 Å². The van der Waals surface area contributed by atoms with Crippen LogP contribution in [0.1, 0.15) is 52.7 Å². The molecule has 0 radical (unpaired) electrons. The summed E-state index contributed by atoms with van der Waals surface area (Å²) in [5.74, 6) is -0.243. The van der Waals surface area contributed by atoms with Crippen molar-refractivity contribution >= 4 is 23.3 Å². The van der Waals surface area contributed by atoms with Crippen LogP contribution >= 0.6 is 0 Å². The number of fused-ring (bicyclic) bond motifs is 1. The third-order valence-electron chi connectivity index (χ3n) is 5.13. The number of Topliss-reactive ketones (excluding diaryl/α,β-unsaturated/α-hetero) is 1. The van der Waals surface area contributed by atoms with Crippen LogP contribution in [0.3, 0.4) is 0 Å². The molecule has 0 aromatic heterocycles. The number of aryl methyl sites for hydroxylation is 2. The van der Waals surface area contributed by atoms with Gasteiger partial charge in [0.1, 0.15) is 0 Å². The Bertz CT molecular complexity index is 872. The Hall–Kier alpha value is -2.95. The molecule has 0 aliphatic heterocycles. The summed E-state index contributed by atoms with van der Waals surface area (Å²) >= 11 is 0. The number of hydrogen-bond donors (Lipinski definition) is 2. The van der Waals surface area contributed by atoms with Crippen LogP contribution < -0.4 is 10.6 Å². The van der Waals surface area contributed by atoms with Crippen molar-refractivity contribution in [2.45, 2.75) is 44.9 Å². The molecule has 0 unspecified atom stereocenters. The third-order valence-corrected chi connectivity index (χ3v) is 5.13. The first-order chi connectivity index (χ1) is 13.5. The molecule has 0 saturated carbocycles. The topological polar surface area (TPSA) is 75.3 Å². The van der Waals surface area contributed by atoms with Gasteiger partial charge < -0.3 is 10.6 Å². The molecule has 0 atom stereocenters. The lowest BCUT2D eigenvalue weighted by Crippen LogP contribution is -2.19. The van der Waals surface area contributed by atoms with Gasteiger partial charge >= 0.3 is 0 Å². The first-order valence-electron chi connectivity index (χ1n) is 9.79. The molecule has 5 nitrogen and oxygen atoms in total. The van der Waals surface area contributed by atoms with Gasteiger partial charge in [-0.15, -0.1) is 0 Å². The van der Waals surface area contributed by atoms with Crippen LogP contribution in [-0.4, -0.2) is 24.6 Å². The first-order valence-corrected chi connectivity index (χ1v) is 9.79. The van der Waals surface area contributed by atoms with Gasteiger partial charge in [0, 0.05) is 31.1 Å². The van der Waals surface area contributed by atoms with Crippen molar-refractivity contribution in [2.75, 3.05) is 12.4 Å². The van der Waals surface area contributed by atoms with E-state index in [2.05, 4.69) is 16.7 Å². The Morgan fingerprint density at radius 2 is 1.57 bits per heavy atom. The molecular formula is C23H26N2O3. The largest absolute Gasteiger partial charge is 0.359 e. The Kier molecular flexibility index (Phi) is 6.58. The molecule has 0 heterocycles. The van der Waals surface area contributed by atoms with E-state index in [0.717, 1.165) is 18.4 Å². The standard InChI is InChI=1S/C23H26N2O3/c1-24-23(28)14-16-6-10-20(11-7-16)25-22(27)13-12-21(26)19-9-8-17-4-2-3-5-18(17)15-19/h6-11,15H,2-5,12-14H2,1H3,(H,24,28)(H,25,27). The summed E-state index contributed by atoms with van der Waals surface area (Å²) in [5.41, 5.74) is 4.86. The molecule has 2 aromatic carbocycles. The summed E-state index contributed by atoms with van der Waals surface area (Å²) < 4.78 is 0. The predicted octanol–water partition coefficient (Wildman–Crippen LogP) is 3.46. The number of hydrogen-bond acceptors (Lipinski definition) is 3. The van der Waals surface area contributed by atoms with Gasteiger partial charge in [-0.05, 0) is 60.6 Å². The second-order valence-electron chi connectivity index (χ2n) is 7.21. The molecule has 1 aliphatic carbocycles. The first kappa shape index (κ1) is 19.8. The normalized spacial score (nSPS) is 12.8. The number of carbonyl (C=O) groups is 3. The average molecular weight is 378 g/mol. The Labute approximate surface area is 165 Å². The summed E-state index contributed by atoms with van der Waals surface area (Å²) in [7, 11) is 1.60. The molecular weight excluding hydrogens is 352 g/mol. The molecule has 2 N–H and O–H groups in total.